The third-order valence-electron chi connectivity index (χ3n) is 2.54. The van der Waals surface area contributed by atoms with E-state index in [0.717, 1.165) is 24.2 Å². The molecule has 1 aliphatic heterocycles. The number of benzene rings is 1. The molecule has 1 aromatic carbocycles. The molecule has 0 aliphatic carbocycles. The first-order chi connectivity index (χ1) is 7.25. The molecule has 1 unspecified atom stereocenters. The molecule has 15 heavy (non-hydrogen) atoms. The number of rotatable bonds is 2. The molecule has 78 valence electrons. The topological polar surface area (TPSA) is 9.23 Å². The van der Waals surface area contributed by atoms with Crippen LogP contribution in [0.2, 0.25) is 0 Å². The Morgan fingerprint density at radius 3 is 3.07 bits per heavy atom. The summed E-state index contributed by atoms with van der Waals surface area (Å²) in [6.07, 6.45) is 6.48. The van der Waals surface area contributed by atoms with Gasteiger partial charge in [-0.1, -0.05) is 36.4 Å². The van der Waals surface area contributed by atoms with Crippen molar-refractivity contribution in [2.75, 3.05) is 0 Å². The van der Waals surface area contributed by atoms with Crippen LogP contribution in [0.1, 0.15) is 18.9 Å². The van der Waals surface area contributed by atoms with Gasteiger partial charge in [0.25, 0.3) is 0 Å². The molecule has 0 amide bonds. The first-order valence-electron chi connectivity index (χ1n) is 5.34. The summed E-state index contributed by atoms with van der Waals surface area (Å²) in [4.78, 5) is 0. The summed E-state index contributed by atoms with van der Waals surface area (Å²) < 4.78 is 5.85. The van der Waals surface area contributed by atoms with Crippen molar-refractivity contribution < 1.29 is 4.74 Å². The van der Waals surface area contributed by atoms with E-state index >= 15 is 0 Å². The van der Waals surface area contributed by atoms with Crippen LogP contribution in [0.4, 0.5) is 0 Å². The van der Waals surface area contributed by atoms with E-state index in [1.54, 1.807) is 0 Å². The first-order valence-corrected chi connectivity index (χ1v) is 5.34. The molecule has 0 saturated carbocycles. The molecule has 0 radical (unpaired) electrons. The van der Waals surface area contributed by atoms with Gasteiger partial charge in [0.2, 0.25) is 0 Å². The highest BCUT2D eigenvalue weighted by molar-refractivity contribution is 5.35. The number of hydrogen-bond acceptors (Lipinski definition) is 1. The SMILES string of the molecule is C=C(C)C=CC1CCc2ccccc2O1. The summed E-state index contributed by atoms with van der Waals surface area (Å²) in [5.41, 5.74) is 2.38. The van der Waals surface area contributed by atoms with E-state index in [0.29, 0.717) is 0 Å². The lowest BCUT2D eigenvalue weighted by Gasteiger charge is -2.23. The van der Waals surface area contributed by atoms with Crippen LogP contribution in [0.25, 0.3) is 0 Å². The minimum Gasteiger partial charge on any atom is -0.486 e. The molecule has 0 spiro atoms. The summed E-state index contributed by atoms with van der Waals surface area (Å²) >= 11 is 0. The van der Waals surface area contributed by atoms with E-state index < -0.39 is 0 Å². The largest absolute Gasteiger partial charge is 0.486 e. The Balaban J connectivity index is 2.09. The fourth-order valence-electron chi connectivity index (χ4n) is 1.75. The Hall–Kier alpha value is -1.50. The second-order valence-corrected chi connectivity index (χ2v) is 4.01. The van der Waals surface area contributed by atoms with Gasteiger partial charge in [0.15, 0.2) is 0 Å². The van der Waals surface area contributed by atoms with E-state index in [1.807, 2.05) is 25.1 Å². The van der Waals surface area contributed by atoms with Crippen LogP contribution >= 0.6 is 0 Å². The van der Waals surface area contributed by atoms with Crippen molar-refractivity contribution in [3.05, 3.63) is 54.1 Å². The average molecular weight is 200 g/mol. The number of fused-ring (bicyclic) bond motifs is 1. The standard InChI is InChI=1S/C14H16O/c1-11(2)7-9-13-10-8-12-5-3-4-6-14(12)15-13/h3-7,9,13H,1,8,10H2,2H3. The Morgan fingerprint density at radius 2 is 2.27 bits per heavy atom. The minimum absolute atomic E-state index is 0.205. The van der Waals surface area contributed by atoms with Gasteiger partial charge in [-0.05, 0) is 37.5 Å². The highest BCUT2D eigenvalue weighted by atomic mass is 16.5. The third-order valence-corrected chi connectivity index (χ3v) is 2.54. The van der Waals surface area contributed by atoms with E-state index in [9.17, 15) is 0 Å². The van der Waals surface area contributed by atoms with Crippen LogP contribution in [-0.4, -0.2) is 6.10 Å². The van der Waals surface area contributed by atoms with Crippen LogP contribution in [0.5, 0.6) is 5.75 Å². The Kier molecular flexibility index (Phi) is 2.91. The first kappa shape index (κ1) is 10.0. The monoisotopic (exact) mass is 200 g/mol. The average Bonchev–Trinajstić information content (AvgIpc) is 2.26. The number of ether oxygens (including phenoxy) is 1. The Morgan fingerprint density at radius 1 is 1.47 bits per heavy atom. The maximum atomic E-state index is 5.85. The normalized spacial score (nSPS) is 19.7. The third kappa shape index (κ3) is 2.50. The molecular formula is C14H16O. The van der Waals surface area contributed by atoms with Crippen molar-refractivity contribution in [1.29, 1.82) is 0 Å². The summed E-state index contributed by atoms with van der Waals surface area (Å²) in [7, 11) is 0. The van der Waals surface area contributed by atoms with Gasteiger partial charge < -0.3 is 4.74 Å². The maximum Gasteiger partial charge on any atom is 0.123 e. The van der Waals surface area contributed by atoms with Crippen LogP contribution in [0, 0.1) is 0 Å². The molecule has 1 aliphatic rings. The molecule has 0 aromatic heterocycles. The molecule has 0 fully saturated rings. The fraction of sp³-hybridized carbons (Fsp3) is 0.286. The summed E-state index contributed by atoms with van der Waals surface area (Å²) in [6, 6.07) is 8.25. The lowest BCUT2D eigenvalue weighted by molar-refractivity contribution is 0.219. The predicted molar refractivity (Wildman–Crippen MR) is 63.1 cm³/mol. The quantitative estimate of drug-likeness (QED) is 0.664. The summed E-state index contributed by atoms with van der Waals surface area (Å²) in [5, 5.41) is 0. The zero-order valence-corrected chi connectivity index (χ0v) is 9.07. The van der Waals surface area contributed by atoms with Crippen molar-refractivity contribution in [3.63, 3.8) is 0 Å². The minimum atomic E-state index is 0.205. The lowest BCUT2D eigenvalue weighted by Crippen LogP contribution is -2.20. The van der Waals surface area contributed by atoms with E-state index in [1.165, 1.54) is 5.56 Å². The van der Waals surface area contributed by atoms with Crippen LogP contribution in [0.15, 0.2) is 48.6 Å². The van der Waals surface area contributed by atoms with Crippen LogP contribution in [-0.2, 0) is 6.42 Å². The molecule has 1 nitrogen and oxygen atoms in total. The highest BCUT2D eigenvalue weighted by Crippen LogP contribution is 2.27. The van der Waals surface area contributed by atoms with Crippen molar-refractivity contribution in [3.8, 4) is 5.75 Å². The van der Waals surface area contributed by atoms with Gasteiger partial charge in [-0.25, -0.2) is 0 Å². The van der Waals surface area contributed by atoms with Gasteiger partial charge in [-0.3, -0.25) is 0 Å². The maximum absolute atomic E-state index is 5.85. The molecule has 0 bridgehead atoms. The molecule has 1 heterocycles. The number of para-hydroxylation sites is 1. The van der Waals surface area contributed by atoms with Crippen molar-refractivity contribution >= 4 is 0 Å². The van der Waals surface area contributed by atoms with Gasteiger partial charge in [0, 0.05) is 0 Å². The van der Waals surface area contributed by atoms with Gasteiger partial charge >= 0.3 is 0 Å². The Labute approximate surface area is 91.1 Å². The van der Waals surface area contributed by atoms with Crippen LogP contribution < -0.4 is 4.74 Å². The lowest BCUT2D eigenvalue weighted by atomic mass is 10.0. The highest BCUT2D eigenvalue weighted by Gasteiger charge is 2.16. The smallest absolute Gasteiger partial charge is 0.123 e. The molecular weight excluding hydrogens is 184 g/mol. The van der Waals surface area contributed by atoms with E-state index in [-0.39, 0.29) is 6.10 Å². The van der Waals surface area contributed by atoms with Crippen LogP contribution in [0.3, 0.4) is 0 Å². The second kappa shape index (κ2) is 4.35. The van der Waals surface area contributed by atoms with Gasteiger partial charge in [-0.15, -0.1) is 0 Å². The van der Waals surface area contributed by atoms with E-state index in [2.05, 4.69) is 24.8 Å². The number of aryl methyl sites for hydroxylation is 1. The molecule has 1 aromatic rings. The molecule has 1 heteroatoms. The van der Waals surface area contributed by atoms with Gasteiger partial charge in [-0.2, -0.15) is 0 Å². The summed E-state index contributed by atoms with van der Waals surface area (Å²) in [6.45, 7) is 5.83. The molecule has 2 rings (SSSR count). The second-order valence-electron chi connectivity index (χ2n) is 4.01. The molecule has 1 atom stereocenters. The van der Waals surface area contributed by atoms with Crippen molar-refractivity contribution in [2.24, 2.45) is 0 Å². The fourth-order valence-corrected chi connectivity index (χ4v) is 1.75. The van der Waals surface area contributed by atoms with Gasteiger partial charge in [0.05, 0.1) is 0 Å². The molecule has 0 N–H and O–H groups in total. The van der Waals surface area contributed by atoms with Crippen molar-refractivity contribution in [1.82, 2.24) is 0 Å². The van der Waals surface area contributed by atoms with E-state index in [4.69, 9.17) is 4.74 Å². The number of allylic oxidation sites excluding steroid dienone is 2. The number of hydrogen-bond donors (Lipinski definition) is 0. The zero-order chi connectivity index (χ0) is 10.7. The van der Waals surface area contributed by atoms with Gasteiger partial charge in [0.1, 0.15) is 11.9 Å². The summed E-state index contributed by atoms with van der Waals surface area (Å²) in [5.74, 6) is 1.03. The molecule has 0 saturated heterocycles. The Bertz CT molecular complexity index is 390. The van der Waals surface area contributed by atoms with Crippen molar-refractivity contribution in [2.45, 2.75) is 25.9 Å². The zero-order valence-electron chi connectivity index (χ0n) is 9.07. The predicted octanol–water partition coefficient (Wildman–Crippen LogP) is 3.51.